The number of aliphatic carboxylic acids is 1. The molecule has 0 aliphatic heterocycles. The molecule has 0 aliphatic rings. The summed E-state index contributed by atoms with van der Waals surface area (Å²) in [6, 6.07) is 5.08. The summed E-state index contributed by atoms with van der Waals surface area (Å²) in [6.07, 6.45) is 1.38. The molecule has 0 radical (unpaired) electrons. The first-order valence-electron chi connectivity index (χ1n) is 6.01. The van der Waals surface area contributed by atoms with Crippen LogP contribution in [0.25, 0.3) is 0 Å². The molecule has 4 N–H and O–H groups in total. The Balaban J connectivity index is 2.82. The number of amides is 1. The highest BCUT2D eigenvalue weighted by molar-refractivity contribution is 9.10. The molecular formula is C13H17BrN2O3. The minimum Gasteiger partial charge on any atom is -0.481 e. The van der Waals surface area contributed by atoms with Crippen LogP contribution >= 0.6 is 15.9 Å². The summed E-state index contributed by atoms with van der Waals surface area (Å²) in [5.74, 6) is -1.87. The summed E-state index contributed by atoms with van der Waals surface area (Å²) in [5.41, 5.74) is 6.19. The average Bonchev–Trinajstić information content (AvgIpc) is 2.35. The van der Waals surface area contributed by atoms with E-state index in [1.165, 1.54) is 0 Å². The number of primary amides is 1. The fourth-order valence-corrected chi connectivity index (χ4v) is 2.13. The summed E-state index contributed by atoms with van der Waals surface area (Å²) < 4.78 is 0.746. The second-order valence-corrected chi connectivity index (χ2v) is 5.17. The van der Waals surface area contributed by atoms with Crippen LogP contribution in [0.2, 0.25) is 0 Å². The summed E-state index contributed by atoms with van der Waals surface area (Å²) in [7, 11) is 0. The normalized spacial score (nSPS) is 11.9. The third-order valence-electron chi connectivity index (χ3n) is 2.77. The predicted octanol–water partition coefficient (Wildman–Crippen LogP) is 2.46. The van der Waals surface area contributed by atoms with Crippen molar-refractivity contribution in [2.24, 2.45) is 11.7 Å². The zero-order chi connectivity index (χ0) is 14.4. The van der Waals surface area contributed by atoms with E-state index in [0.717, 1.165) is 10.9 Å². The Kier molecular flexibility index (Phi) is 5.82. The van der Waals surface area contributed by atoms with Crippen LogP contribution in [0.3, 0.4) is 0 Å². The minimum absolute atomic E-state index is 0.269. The molecule has 0 aliphatic carbocycles. The monoisotopic (exact) mass is 328 g/mol. The van der Waals surface area contributed by atoms with Gasteiger partial charge in [0.05, 0.1) is 11.5 Å². The summed E-state index contributed by atoms with van der Waals surface area (Å²) in [6.45, 7) is 2.20. The van der Waals surface area contributed by atoms with Crippen LogP contribution in [0.15, 0.2) is 22.7 Å². The quantitative estimate of drug-likeness (QED) is 0.716. The highest BCUT2D eigenvalue weighted by atomic mass is 79.9. The van der Waals surface area contributed by atoms with E-state index in [1.54, 1.807) is 18.2 Å². The van der Waals surface area contributed by atoms with Crippen molar-refractivity contribution < 1.29 is 14.7 Å². The molecule has 0 saturated heterocycles. The number of benzene rings is 1. The van der Waals surface area contributed by atoms with Gasteiger partial charge in [-0.3, -0.25) is 9.59 Å². The molecule has 1 atom stereocenters. The van der Waals surface area contributed by atoms with Crippen molar-refractivity contribution in [1.29, 1.82) is 0 Å². The molecule has 5 nitrogen and oxygen atoms in total. The maximum Gasteiger partial charge on any atom is 0.308 e. The Morgan fingerprint density at radius 2 is 2.16 bits per heavy atom. The molecule has 0 spiro atoms. The van der Waals surface area contributed by atoms with E-state index in [0.29, 0.717) is 17.7 Å². The molecule has 1 unspecified atom stereocenters. The zero-order valence-corrected chi connectivity index (χ0v) is 12.2. The minimum atomic E-state index is -0.841. The van der Waals surface area contributed by atoms with E-state index in [-0.39, 0.29) is 6.54 Å². The lowest BCUT2D eigenvalue weighted by Gasteiger charge is -2.15. The van der Waals surface area contributed by atoms with Crippen molar-refractivity contribution in [2.75, 3.05) is 11.9 Å². The molecule has 1 aromatic carbocycles. The number of hydrogen-bond donors (Lipinski definition) is 3. The maximum atomic E-state index is 11.3. The van der Waals surface area contributed by atoms with E-state index in [9.17, 15) is 9.59 Å². The first kappa shape index (κ1) is 15.5. The molecule has 0 fully saturated rings. The molecule has 104 valence electrons. The van der Waals surface area contributed by atoms with Crippen molar-refractivity contribution in [1.82, 2.24) is 0 Å². The van der Waals surface area contributed by atoms with Crippen LogP contribution in [0, 0.1) is 5.92 Å². The third-order valence-corrected chi connectivity index (χ3v) is 3.27. The second kappa shape index (κ2) is 7.13. The Hall–Kier alpha value is -1.56. The highest BCUT2D eigenvalue weighted by Crippen LogP contribution is 2.21. The molecule has 6 heteroatoms. The van der Waals surface area contributed by atoms with Crippen molar-refractivity contribution in [2.45, 2.75) is 19.8 Å². The highest BCUT2D eigenvalue weighted by Gasteiger charge is 2.17. The number of halogens is 1. The van der Waals surface area contributed by atoms with Crippen LogP contribution in [0.4, 0.5) is 5.69 Å². The van der Waals surface area contributed by atoms with Gasteiger partial charge in [-0.05, 0) is 24.6 Å². The number of hydrogen-bond acceptors (Lipinski definition) is 3. The average molecular weight is 329 g/mol. The van der Waals surface area contributed by atoms with Gasteiger partial charge in [-0.1, -0.05) is 29.3 Å². The maximum absolute atomic E-state index is 11.3. The van der Waals surface area contributed by atoms with Gasteiger partial charge < -0.3 is 16.2 Å². The van der Waals surface area contributed by atoms with Gasteiger partial charge in [-0.2, -0.15) is 0 Å². The fourth-order valence-electron chi connectivity index (χ4n) is 1.77. The fraction of sp³-hybridized carbons (Fsp3) is 0.385. The lowest BCUT2D eigenvalue weighted by molar-refractivity contribution is -0.141. The SMILES string of the molecule is CCCC(CNc1ccc(Br)cc1C(N)=O)C(=O)O. The van der Waals surface area contributed by atoms with E-state index < -0.39 is 17.8 Å². The molecular weight excluding hydrogens is 312 g/mol. The molecule has 0 bridgehead atoms. The zero-order valence-electron chi connectivity index (χ0n) is 10.6. The van der Waals surface area contributed by atoms with Crippen LogP contribution < -0.4 is 11.1 Å². The van der Waals surface area contributed by atoms with Gasteiger partial charge in [0.25, 0.3) is 5.91 Å². The van der Waals surface area contributed by atoms with Gasteiger partial charge in [-0.25, -0.2) is 0 Å². The number of nitrogens with one attached hydrogen (secondary N) is 1. The smallest absolute Gasteiger partial charge is 0.308 e. The molecule has 1 rings (SSSR count). The predicted molar refractivity (Wildman–Crippen MR) is 77.2 cm³/mol. The van der Waals surface area contributed by atoms with Crippen LogP contribution in [0.1, 0.15) is 30.1 Å². The Labute approximate surface area is 120 Å². The van der Waals surface area contributed by atoms with E-state index >= 15 is 0 Å². The van der Waals surface area contributed by atoms with Gasteiger partial charge in [-0.15, -0.1) is 0 Å². The second-order valence-electron chi connectivity index (χ2n) is 4.26. The Morgan fingerprint density at radius 3 is 2.68 bits per heavy atom. The molecule has 19 heavy (non-hydrogen) atoms. The summed E-state index contributed by atoms with van der Waals surface area (Å²) in [4.78, 5) is 22.4. The topological polar surface area (TPSA) is 92.4 Å². The third kappa shape index (κ3) is 4.55. The van der Waals surface area contributed by atoms with Crippen molar-refractivity contribution in [3.8, 4) is 0 Å². The van der Waals surface area contributed by atoms with Crippen molar-refractivity contribution >= 4 is 33.5 Å². The molecule has 0 saturated carbocycles. The molecule has 1 amide bonds. The lowest BCUT2D eigenvalue weighted by atomic mass is 10.0. The number of carbonyl (C=O) groups excluding carboxylic acids is 1. The number of rotatable bonds is 7. The van der Waals surface area contributed by atoms with E-state index in [2.05, 4.69) is 21.2 Å². The van der Waals surface area contributed by atoms with Crippen LogP contribution in [-0.4, -0.2) is 23.5 Å². The van der Waals surface area contributed by atoms with E-state index in [4.69, 9.17) is 10.8 Å². The van der Waals surface area contributed by atoms with Gasteiger partial charge >= 0.3 is 5.97 Å². The summed E-state index contributed by atoms with van der Waals surface area (Å²) in [5, 5.41) is 12.1. The van der Waals surface area contributed by atoms with Crippen LogP contribution in [0.5, 0.6) is 0 Å². The van der Waals surface area contributed by atoms with Crippen molar-refractivity contribution in [3.05, 3.63) is 28.2 Å². The summed E-state index contributed by atoms with van der Waals surface area (Å²) >= 11 is 3.26. The van der Waals surface area contributed by atoms with Gasteiger partial charge in [0.1, 0.15) is 0 Å². The van der Waals surface area contributed by atoms with Crippen LogP contribution in [-0.2, 0) is 4.79 Å². The Bertz CT molecular complexity index is 477. The Morgan fingerprint density at radius 1 is 1.47 bits per heavy atom. The van der Waals surface area contributed by atoms with Crippen molar-refractivity contribution in [3.63, 3.8) is 0 Å². The number of anilines is 1. The number of carbonyl (C=O) groups is 2. The standard InChI is InChI=1S/C13H17BrN2O3/c1-2-3-8(13(18)19)7-16-11-5-4-9(14)6-10(11)12(15)17/h4-6,8,16H,2-3,7H2,1H3,(H2,15,17)(H,18,19). The lowest BCUT2D eigenvalue weighted by Crippen LogP contribution is -2.24. The first-order chi connectivity index (χ1) is 8.95. The van der Waals surface area contributed by atoms with Gasteiger partial charge in [0.2, 0.25) is 0 Å². The number of carboxylic acid groups (broad SMARTS) is 1. The molecule has 0 heterocycles. The van der Waals surface area contributed by atoms with Gasteiger partial charge in [0.15, 0.2) is 0 Å². The molecule has 1 aromatic rings. The molecule has 0 aromatic heterocycles. The van der Waals surface area contributed by atoms with E-state index in [1.807, 2.05) is 6.92 Å². The van der Waals surface area contributed by atoms with Gasteiger partial charge in [0, 0.05) is 16.7 Å². The first-order valence-corrected chi connectivity index (χ1v) is 6.81. The largest absolute Gasteiger partial charge is 0.481 e. The number of carboxylic acids is 1. The number of nitrogens with two attached hydrogens (primary N) is 1.